The van der Waals surface area contributed by atoms with Gasteiger partial charge in [-0.15, -0.1) is 0 Å². The molecule has 0 saturated carbocycles. The molecule has 3 rings (SSSR count). The van der Waals surface area contributed by atoms with Crippen LogP contribution < -0.4 is 10.9 Å². The van der Waals surface area contributed by atoms with Gasteiger partial charge in [-0.05, 0) is 24.1 Å². The molecule has 0 radical (unpaired) electrons. The van der Waals surface area contributed by atoms with E-state index in [0.717, 1.165) is 17.4 Å². The van der Waals surface area contributed by atoms with E-state index in [0.29, 0.717) is 11.2 Å². The van der Waals surface area contributed by atoms with Crippen molar-refractivity contribution in [1.29, 1.82) is 0 Å². The van der Waals surface area contributed by atoms with E-state index in [2.05, 4.69) is 20.3 Å². The van der Waals surface area contributed by atoms with Crippen LogP contribution in [0, 0.1) is 0 Å². The summed E-state index contributed by atoms with van der Waals surface area (Å²) in [5, 5.41) is 3.72. The van der Waals surface area contributed by atoms with Crippen LogP contribution in [0.2, 0.25) is 0 Å². The Bertz CT molecular complexity index is 888. The van der Waals surface area contributed by atoms with Crippen LogP contribution in [0.1, 0.15) is 23.0 Å². The van der Waals surface area contributed by atoms with Crippen molar-refractivity contribution in [3.05, 3.63) is 64.5 Å². The minimum absolute atomic E-state index is 0.151. The standard InChI is InChI=1S/C16H14N4O2/c1-2-10-7-15(21)20-13-8-11(3-4-12(10)13)19-16(22)14-9-17-5-6-18-14/h3-9H,2H2,1H3,(H,19,22)(H,20,21). The van der Waals surface area contributed by atoms with Gasteiger partial charge in [0.25, 0.3) is 5.91 Å². The minimum Gasteiger partial charge on any atom is -0.322 e. The summed E-state index contributed by atoms with van der Waals surface area (Å²) >= 11 is 0. The van der Waals surface area contributed by atoms with Crippen LogP contribution in [0.5, 0.6) is 0 Å². The number of amides is 1. The summed E-state index contributed by atoms with van der Waals surface area (Å²) in [6.07, 6.45) is 5.13. The molecule has 22 heavy (non-hydrogen) atoms. The van der Waals surface area contributed by atoms with Crippen LogP contribution in [-0.2, 0) is 6.42 Å². The largest absolute Gasteiger partial charge is 0.322 e. The Labute approximate surface area is 126 Å². The van der Waals surface area contributed by atoms with Gasteiger partial charge in [-0.25, -0.2) is 4.98 Å². The van der Waals surface area contributed by atoms with Crippen LogP contribution in [0.15, 0.2) is 47.7 Å². The van der Waals surface area contributed by atoms with Crippen molar-refractivity contribution in [3.63, 3.8) is 0 Å². The molecule has 0 aliphatic carbocycles. The van der Waals surface area contributed by atoms with Crippen LogP contribution in [-0.4, -0.2) is 20.9 Å². The van der Waals surface area contributed by atoms with E-state index in [9.17, 15) is 9.59 Å². The first-order chi connectivity index (χ1) is 10.7. The summed E-state index contributed by atoms with van der Waals surface area (Å²) < 4.78 is 0. The average molecular weight is 294 g/mol. The van der Waals surface area contributed by atoms with Gasteiger partial charge in [0.15, 0.2) is 0 Å². The lowest BCUT2D eigenvalue weighted by molar-refractivity contribution is 0.102. The third-order valence-corrected chi connectivity index (χ3v) is 3.36. The summed E-state index contributed by atoms with van der Waals surface area (Å²) in [6, 6.07) is 7.02. The smallest absolute Gasteiger partial charge is 0.275 e. The van der Waals surface area contributed by atoms with Gasteiger partial charge in [0, 0.05) is 29.5 Å². The molecule has 2 aromatic heterocycles. The van der Waals surface area contributed by atoms with Crippen molar-refractivity contribution in [1.82, 2.24) is 15.0 Å². The number of nitrogens with one attached hydrogen (secondary N) is 2. The maximum Gasteiger partial charge on any atom is 0.275 e. The zero-order valence-electron chi connectivity index (χ0n) is 12.0. The highest BCUT2D eigenvalue weighted by Crippen LogP contribution is 2.20. The molecule has 1 amide bonds. The molecule has 6 heteroatoms. The molecule has 2 heterocycles. The first kappa shape index (κ1) is 13.9. The number of anilines is 1. The molecule has 6 nitrogen and oxygen atoms in total. The second kappa shape index (κ2) is 5.77. The normalized spacial score (nSPS) is 10.6. The summed E-state index contributed by atoms with van der Waals surface area (Å²) in [5.74, 6) is -0.346. The second-order valence-electron chi connectivity index (χ2n) is 4.82. The molecule has 2 N–H and O–H groups in total. The number of rotatable bonds is 3. The Balaban J connectivity index is 1.96. The monoisotopic (exact) mass is 294 g/mol. The number of nitrogens with zero attached hydrogens (tertiary/aromatic N) is 2. The van der Waals surface area contributed by atoms with E-state index >= 15 is 0 Å². The molecule has 1 aromatic carbocycles. The highest BCUT2D eigenvalue weighted by atomic mass is 16.2. The molecule has 110 valence electrons. The van der Waals surface area contributed by atoms with Gasteiger partial charge in [0.2, 0.25) is 5.56 Å². The fourth-order valence-electron chi connectivity index (χ4n) is 2.31. The molecule has 0 bridgehead atoms. The predicted octanol–water partition coefficient (Wildman–Crippen LogP) is 2.13. The molecular weight excluding hydrogens is 280 g/mol. The average Bonchev–Trinajstić information content (AvgIpc) is 2.54. The number of benzene rings is 1. The topological polar surface area (TPSA) is 87.7 Å². The number of aromatic amines is 1. The number of aromatic nitrogens is 3. The lowest BCUT2D eigenvalue weighted by atomic mass is 10.1. The molecule has 0 aliphatic heterocycles. The summed E-state index contributed by atoms with van der Waals surface area (Å²) in [7, 11) is 0. The summed E-state index contributed by atoms with van der Waals surface area (Å²) in [5.41, 5.74) is 2.35. The van der Waals surface area contributed by atoms with Crippen LogP contribution >= 0.6 is 0 Å². The third kappa shape index (κ3) is 2.71. The van der Waals surface area contributed by atoms with Crippen molar-refractivity contribution in [2.75, 3.05) is 5.32 Å². The summed E-state index contributed by atoms with van der Waals surface area (Å²) in [4.78, 5) is 34.3. The lowest BCUT2D eigenvalue weighted by Crippen LogP contribution is -2.14. The number of hydrogen-bond donors (Lipinski definition) is 2. The molecule has 0 aliphatic rings. The molecule has 0 unspecified atom stereocenters. The number of pyridine rings is 1. The van der Waals surface area contributed by atoms with Gasteiger partial charge in [0.05, 0.1) is 11.7 Å². The van der Waals surface area contributed by atoms with Crippen LogP contribution in [0.3, 0.4) is 0 Å². The van der Waals surface area contributed by atoms with Gasteiger partial charge >= 0.3 is 0 Å². The maximum absolute atomic E-state index is 12.1. The van der Waals surface area contributed by atoms with Crippen molar-refractivity contribution in [3.8, 4) is 0 Å². The predicted molar refractivity (Wildman–Crippen MR) is 83.9 cm³/mol. The Hall–Kier alpha value is -3.02. The van der Waals surface area contributed by atoms with E-state index in [-0.39, 0.29) is 17.2 Å². The SMILES string of the molecule is CCc1cc(=O)[nH]c2cc(NC(=O)c3cnccn3)ccc12. The molecular formula is C16H14N4O2. The second-order valence-corrected chi connectivity index (χ2v) is 4.82. The van der Waals surface area contributed by atoms with Gasteiger partial charge in [-0.3, -0.25) is 14.6 Å². The van der Waals surface area contributed by atoms with Gasteiger partial charge in [-0.1, -0.05) is 13.0 Å². The maximum atomic E-state index is 12.1. The summed E-state index contributed by atoms with van der Waals surface area (Å²) in [6.45, 7) is 2.00. The van der Waals surface area contributed by atoms with E-state index < -0.39 is 0 Å². The van der Waals surface area contributed by atoms with Gasteiger partial charge in [-0.2, -0.15) is 0 Å². The van der Waals surface area contributed by atoms with Crippen molar-refractivity contribution in [2.45, 2.75) is 13.3 Å². The Kier molecular flexibility index (Phi) is 3.65. The Morgan fingerprint density at radius 2 is 2.14 bits per heavy atom. The van der Waals surface area contributed by atoms with Gasteiger partial charge < -0.3 is 10.3 Å². The first-order valence-electron chi connectivity index (χ1n) is 6.90. The molecule has 0 atom stereocenters. The molecule has 3 aromatic rings. The molecule has 0 spiro atoms. The zero-order chi connectivity index (χ0) is 15.5. The molecule has 0 fully saturated rings. The van der Waals surface area contributed by atoms with Crippen LogP contribution in [0.4, 0.5) is 5.69 Å². The van der Waals surface area contributed by atoms with Crippen molar-refractivity contribution in [2.24, 2.45) is 0 Å². The highest BCUT2D eigenvalue weighted by Gasteiger charge is 2.09. The zero-order valence-corrected chi connectivity index (χ0v) is 12.0. The van der Waals surface area contributed by atoms with Crippen LogP contribution in [0.25, 0.3) is 10.9 Å². The fourth-order valence-corrected chi connectivity index (χ4v) is 2.31. The van der Waals surface area contributed by atoms with Gasteiger partial charge in [0.1, 0.15) is 5.69 Å². The number of hydrogen-bond acceptors (Lipinski definition) is 4. The number of carbonyl (C=O) groups excluding carboxylic acids is 1. The minimum atomic E-state index is -0.346. The van der Waals surface area contributed by atoms with Crippen molar-refractivity contribution >= 4 is 22.5 Å². The number of H-pyrrole nitrogens is 1. The number of aryl methyl sites for hydroxylation is 1. The highest BCUT2D eigenvalue weighted by molar-refractivity contribution is 6.03. The number of carbonyl (C=O) groups is 1. The Morgan fingerprint density at radius 3 is 2.86 bits per heavy atom. The van der Waals surface area contributed by atoms with E-state index in [4.69, 9.17) is 0 Å². The quantitative estimate of drug-likeness (QED) is 0.774. The third-order valence-electron chi connectivity index (χ3n) is 3.36. The van der Waals surface area contributed by atoms with E-state index in [1.165, 1.54) is 18.6 Å². The fraction of sp³-hybridized carbons (Fsp3) is 0.125. The van der Waals surface area contributed by atoms with E-state index in [1.807, 2.05) is 13.0 Å². The Morgan fingerprint density at radius 1 is 1.27 bits per heavy atom. The van der Waals surface area contributed by atoms with E-state index in [1.54, 1.807) is 18.2 Å². The molecule has 0 saturated heterocycles. The first-order valence-corrected chi connectivity index (χ1v) is 6.90. The van der Waals surface area contributed by atoms with Crippen molar-refractivity contribution < 1.29 is 4.79 Å². The lowest BCUT2D eigenvalue weighted by Gasteiger charge is -2.08. The number of fused-ring (bicyclic) bond motifs is 1.